The SMILES string of the molecule is O=C1OC(=O)c2c(OCC(F)(F)F)cccc21. The van der Waals surface area contributed by atoms with Crippen LogP contribution in [0, 0.1) is 0 Å². The molecule has 2 rings (SSSR count). The second kappa shape index (κ2) is 3.76. The van der Waals surface area contributed by atoms with E-state index in [0.717, 1.165) is 0 Å². The van der Waals surface area contributed by atoms with Crippen molar-refractivity contribution in [3.63, 3.8) is 0 Å². The van der Waals surface area contributed by atoms with Crippen molar-refractivity contribution >= 4 is 11.9 Å². The zero-order chi connectivity index (χ0) is 12.6. The molecule has 0 saturated heterocycles. The Morgan fingerprint density at radius 2 is 1.88 bits per heavy atom. The summed E-state index contributed by atoms with van der Waals surface area (Å²) in [5.41, 5.74) is -0.351. The Morgan fingerprint density at radius 1 is 1.18 bits per heavy atom. The number of hydrogen-bond acceptors (Lipinski definition) is 4. The molecule has 1 aromatic carbocycles. The maximum atomic E-state index is 12.0. The van der Waals surface area contributed by atoms with Gasteiger partial charge >= 0.3 is 18.1 Å². The fraction of sp³-hybridized carbons (Fsp3) is 0.200. The van der Waals surface area contributed by atoms with Gasteiger partial charge in [0.2, 0.25) is 0 Å². The highest BCUT2D eigenvalue weighted by Crippen LogP contribution is 2.30. The molecule has 1 aliphatic heterocycles. The van der Waals surface area contributed by atoms with Crippen molar-refractivity contribution in [1.29, 1.82) is 0 Å². The molecule has 0 saturated carbocycles. The van der Waals surface area contributed by atoms with Crippen molar-refractivity contribution in [3.8, 4) is 5.75 Å². The molecule has 0 atom stereocenters. The molecule has 1 aliphatic rings. The summed E-state index contributed by atoms with van der Waals surface area (Å²) < 4.78 is 44.6. The van der Waals surface area contributed by atoms with Crippen LogP contribution < -0.4 is 4.74 Å². The summed E-state index contributed by atoms with van der Waals surface area (Å²) >= 11 is 0. The number of fused-ring (bicyclic) bond motifs is 1. The monoisotopic (exact) mass is 246 g/mol. The van der Waals surface area contributed by atoms with Crippen LogP contribution in [0.4, 0.5) is 13.2 Å². The highest BCUT2D eigenvalue weighted by Gasteiger charge is 2.35. The van der Waals surface area contributed by atoms with Crippen LogP contribution in [-0.2, 0) is 4.74 Å². The summed E-state index contributed by atoms with van der Waals surface area (Å²) in [6.07, 6.45) is -4.52. The van der Waals surface area contributed by atoms with E-state index in [1.54, 1.807) is 0 Å². The molecule has 1 heterocycles. The third-order valence-corrected chi connectivity index (χ3v) is 2.03. The molecular weight excluding hydrogens is 241 g/mol. The number of esters is 2. The summed E-state index contributed by atoms with van der Waals surface area (Å²) in [5, 5.41) is 0. The molecule has 0 unspecified atom stereocenters. The van der Waals surface area contributed by atoms with Gasteiger partial charge in [-0.25, -0.2) is 9.59 Å². The second-order valence-electron chi connectivity index (χ2n) is 3.26. The van der Waals surface area contributed by atoms with Crippen molar-refractivity contribution in [2.45, 2.75) is 6.18 Å². The minimum atomic E-state index is -4.52. The molecule has 17 heavy (non-hydrogen) atoms. The first-order valence-corrected chi connectivity index (χ1v) is 4.47. The quantitative estimate of drug-likeness (QED) is 0.591. The molecule has 0 aromatic heterocycles. The van der Waals surface area contributed by atoms with E-state index in [9.17, 15) is 22.8 Å². The van der Waals surface area contributed by atoms with Crippen molar-refractivity contribution in [3.05, 3.63) is 29.3 Å². The van der Waals surface area contributed by atoms with Gasteiger partial charge in [0, 0.05) is 0 Å². The van der Waals surface area contributed by atoms with Gasteiger partial charge in [-0.3, -0.25) is 0 Å². The minimum absolute atomic E-state index is 0.0883. The Bertz CT molecular complexity index is 493. The molecule has 0 amide bonds. The number of benzene rings is 1. The number of cyclic esters (lactones) is 2. The lowest BCUT2D eigenvalue weighted by atomic mass is 10.1. The van der Waals surface area contributed by atoms with E-state index in [4.69, 9.17) is 0 Å². The maximum absolute atomic E-state index is 12.0. The molecular formula is C10H5F3O4. The highest BCUT2D eigenvalue weighted by atomic mass is 19.4. The van der Waals surface area contributed by atoms with Crippen LogP contribution in [0.3, 0.4) is 0 Å². The second-order valence-corrected chi connectivity index (χ2v) is 3.26. The number of rotatable bonds is 2. The van der Waals surface area contributed by atoms with Crippen molar-refractivity contribution in [1.82, 2.24) is 0 Å². The lowest BCUT2D eigenvalue weighted by molar-refractivity contribution is -0.153. The minimum Gasteiger partial charge on any atom is -0.483 e. The zero-order valence-corrected chi connectivity index (χ0v) is 8.21. The number of carbonyl (C=O) groups is 2. The Labute approximate surface area is 92.9 Å². The van der Waals surface area contributed by atoms with E-state index in [1.807, 2.05) is 0 Å². The first-order chi connectivity index (χ1) is 7.88. The van der Waals surface area contributed by atoms with Gasteiger partial charge in [0.15, 0.2) is 6.61 Å². The predicted octanol–water partition coefficient (Wildman–Crippen LogP) is 1.94. The average molecular weight is 246 g/mol. The summed E-state index contributed by atoms with van der Waals surface area (Å²) in [6.45, 7) is -1.54. The van der Waals surface area contributed by atoms with Crippen LogP contribution in [0.2, 0.25) is 0 Å². The third-order valence-electron chi connectivity index (χ3n) is 2.03. The molecule has 90 valence electrons. The molecule has 7 heteroatoms. The first-order valence-electron chi connectivity index (χ1n) is 4.47. The number of ether oxygens (including phenoxy) is 2. The van der Waals surface area contributed by atoms with E-state index >= 15 is 0 Å². The summed E-state index contributed by atoms with van der Waals surface area (Å²) in [5.74, 6) is -2.19. The van der Waals surface area contributed by atoms with Gasteiger partial charge in [-0.15, -0.1) is 0 Å². The lowest BCUT2D eigenvalue weighted by Crippen LogP contribution is -2.20. The van der Waals surface area contributed by atoms with E-state index in [0.29, 0.717) is 0 Å². The molecule has 1 aromatic rings. The fourth-order valence-corrected chi connectivity index (χ4v) is 1.38. The van der Waals surface area contributed by atoms with Crippen LogP contribution in [-0.4, -0.2) is 24.7 Å². The number of carbonyl (C=O) groups excluding carboxylic acids is 2. The molecule has 0 N–H and O–H groups in total. The van der Waals surface area contributed by atoms with Crippen LogP contribution in [0.25, 0.3) is 0 Å². The predicted molar refractivity (Wildman–Crippen MR) is 47.7 cm³/mol. The maximum Gasteiger partial charge on any atom is 0.422 e. The van der Waals surface area contributed by atoms with Crippen LogP contribution in [0.5, 0.6) is 5.75 Å². The largest absolute Gasteiger partial charge is 0.483 e. The first kappa shape index (κ1) is 11.4. The van der Waals surface area contributed by atoms with Gasteiger partial charge < -0.3 is 9.47 Å². The van der Waals surface area contributed by atoms with E-state index in [2.05, 4.69) is 9.47 Å². The van der Waals surface area contributed by atoms with Crippen molar-refractivity contribution < 1.29 is 32.2 Å². The number of halogens is 3. The van der Waals surface area contributed by atoms with E-state index < -0.39 is 24.7 Å². The zero-order valence-electron chi connectivity index (χ0n) is 8.21. The number of alkyl halides is 3. The molecule has 0 radical (unpaired) electrons. The van der Waals surface area contributed by atoms with Crippen LogP contribution in [0.1, 0.15) is 20.7 Å². The Kier molecular flexibility index (Phi) is 2.53. The number of hydrogen-bond donors (Lipinski definition) is 0. The fourth-order valence-electron chi connectivity index (χ4n) is 1.38. The molecule has 0 bridgehead atoms. The Hall–Kier alpha value is -2.05. The van der Waals surface area contributed by atoms with Gasteiger partial charge in [-0.2, -0.15) is 13.2 Å². The molecule has 0 aliphatic carbocycles. The summed E-state index contributed by atoms with van der Waals surface area (Å²) in [4.78, 5) is 22.3. The Morgan fingerprint density at radius 3 is 2.53 bits per heavy atom. The summed E-state index contributed by atoms with van der Waals surface area (Å²) in [6, 6.07) is 3.76. The van der Waals surface area contributed by atoms with Crippen molar-refractivity contribution in [2.75, 3.05) is 6.61 Å². The molecule has 0 fully saturated rings. The Balaban J connectivity index is 2.31. The standard InChI is InChI=1S/C10H5F3O4/c11-10(12,13)4-16-6-3-1-2-5-7(6)9(15)17-8(5)14/h1-3H,4H2. The third kappa shape index (κ3) is 2.22. The van der Waals surface area contributed by atoms with E-state index in [1.165, 1.54) is 18.2 Å². The average Bonchev–Trinajstić information content (AvgIpc) is 2.52. The normalized spacial score (nSPS) is 14.5. The van der Waals surface area contributed by atoms with Gasteiger partial charge in [-0.05, 0) is 12.1 Å². The lowest BCUT2D eigenvalue weighted by Gasteiger charge is -2.10. The highest BCUT2D eigenvalue weighted by molar-refractivity contribution is 6.16. The summed E-state index contributed by atoms with van der Waals surface area (Å²) in [7, 11) is 0. The molecule has 4 nitrogen and oxygen atoms in total. The van der Waals surface area contributed by atoms with Crippen molar-refractivity contribution in [2.24, 2.45) is 0 Å². The topological polar surface area (TPSA) is 52.6 Å². The van der Waals surface area contributed by atoms with Gasteiger partial charge in [0.25, 0.3) is 0 Å². The van der Waals surface area contributed by atoms with Gasteiger partial charge in [0.05, 0.1) is 5.56 Å². The van der Waals surface area contributed by atoms with Crippen LogP contribution in [0.15, 0.2) is 18.2 Å². The van der Waals surface area contributed by atoms with Crippen LogP contribution >= 0.6 is 0 Å². The van der Waals surface area contributed by atoms with Gasteiger partial charge in [0.1, 0.15) is 11.3 Å². The smallest absolute Gasteiger partial charge is 0.422 e. The molecule has 0 spiro atoms. The van der Waals surface area contributed by atoms with Gasteiger partial charge in [-0.1, -0.05) is 6.07 Å². The van der Waals surface area contributed by atoms with E-state index in [-0.39, 0.29) is 16.9 Å².